The van der Waals surface area contributed by atoms with Gasteiger partial charge >= 0.3 is 0 Å². The normalized spacial score (nSPS) is 9.94. The smallest absolute Gasteiger partial charge is 0.173 e. The number of carbonyl (C=O) groups excluding carboxylic acids is 1. The Morgan fingerprint density at radius 2 is 2.19 bits per heavy atom. The number of ketones is 1. The molecule has 1 aromatic carbocycles. The summed E-state index contributed by atoms with van der Waals surface area (Å²) in [5, 5.41) is 0. The summed E-state index contributed by atoms with van der Waals surface area (Å²) in [5.74, 6) is -0.566. The molecule has 3 heteroatoms. The van der Waals surface area contributed by atoms with E-state index in [1.165, 1.54) is 19.2 Å². The van der Waals surface area contributed by atoms with Gasteiger partial charge in [-0.15, -0.1) is 0 Å². The summed E-state index contributed by atoms with van der Waals surface area (Å²) in [7, 11) is 1.42. The zero-order valence-corrected chi connectivity index (χ0v) is 9.55. The Labute approximate surface area is 94.7 Å². The maximum Gasteiger partial charge on any atom is 0.173 e. The van der Waals surface area contributed by atoms with Crippen LogP contribution in [0.25, 0.3) is 0 Å². The second-order valence-electron chi connectivity index (χ2n) is 3.52. The molecule has 0 unspecified atom stereocenters. The fourth-order valence-corrected chi connectivity index (χ4v) is 1.39. The molecule has 0 aliphatic rings. The van der Waals surface area contributed by atoms with Gasteiger partial charge in [-0.05, 0) is 18.6 Å². The second kappa shape index (κ2) is 5.45. The summed E-state index contributed by atoms with van der Waals surface area (Å²) in [6, 6.07) is 4.34. The van der Waals surface area contributed by atoms with Crippen LogP contribution in [0, 0.1) is 5.82 Å². The molecule has 0 N–H and O–H groups in total. The number of hydrogen-bond acceptors (Lipinski definition) is 2. The first kappa shape index (κ1) is 12.4. The fourth-order valence-electron chi connectivity index (χ4n) is 1.39. The van der Waals surface area contributed by atoms with Crippen LogP contribution in [0.1, 0.15) is 30.1 Å². The van der Waals surface area contributed by atoms with E-state index in [1.807, 2.05) is 6.92 Å². The molecule has 0 radical (unpaired) electrons. The zero-order chi connectivity index (χ0) is 12.1. The van der Waals surface area contributed by atoms with Crippen LogP contribution in [0.3, 0.4) is 0 Å². The van der Waals surface area contributed by atoms with Crippen molar-refractivity contribution in [3.05, 3.63) is 41.7 Å². The van der Waals surface area contributed by atoms with E-state index in [9.17, 15) is 9.18 Å². The van der Waals surface area contributed by atoms with Crippen LogP contribution in [0.5, 0.6) is 5.75 Å². The SMILES string of the molecule is C=C(CC)CC(=O)c1c(F)cccc1OC. The van der Waals surface area contributed by atoms with Crippen molar-refractivity contribution in [1.29, 1.82) is 0 Å². The van der Waals surface area contributed by atoms with Gasteiger partial charge in [-0.1, -0.05) is 25.1 Å². The molecule has 0 bridgehead atoms. The molecule has 0 aliphatic carbocycles. The number of rotatable bonds is 5. The lowest BCUT2D eigenvalue weighted by atomic mass is 10.0. The average molecular weight is 222 g/mol. The van der Waals surface area contributed by atoms with E-state index in [0.29, 0.717) is 6.42 Å². The molecular formula is C13H15FO2. The van der Waals surface area contributed by atoms with E-state index in [2.05, 4.69) is 6.58 Å². The lowest BCUT2D eigenvalue weighted by Crippen LogP contribution is -2.06. The molecule has 0 saturated heterocycles. The minimum absolute atomic E-state index is 0.0135. The van der Waals surface area contributed by atoms with Crippen molar-refractivity contribution >= 4 is 5.78 Å². The summed E-state index contributed by atoms with van der Waals surface area (Å²) in [6.07, 6.45) is 0.871. The number of allylic oxidation sites excluding steroid dienone is 1. The molecule has 0 fully saturated rings. The maximum absolute atomic E-state index is 13.5. The number of methoxy groups -OCH3 is 1. The topological polar surface area (TPSA) is 26.3 Å². The van der Waals surface area contributed by atoms with Gasteiger partial charge in [0.2, 0.25) is 0 Å². The van der Waals surface area contributed by atoms with E-state index in [0.717, 1.165) is 5.57 Å². The Bertz CT molecular complexity index is 410. The molecule has 0 aliphatic heterocycles. The lowest BCUT2D eigenvalue weighted by molar-refractivity contribution is 0.0985. The second-order valence-corrected chi connectivity index (χ2v) is 3.52. The van der Waals surface area contributed by atoms with Gasteiger partial charge in [-0.25, -0.2) is 4.39 Å². The van der Waals surface area contributed by atoms with Crippen LogP contribution in [-0.4, -0.2) is 12.9 Å². The molecule has 86 valence electrons. The summed E-state index contributed by atoms with van der Waals surface area (Å²) >= 11 is 0. The molecule has 16 heavy (non-hydrogen) atoms. The minimum Gasteiger partial charge on any atom is -0.496 e. The van der Waals surface area contributed by atoms with Crippen LogP contribution in [-0.2, 0) is 0 Å². The van der Waals surface area contributed by atoms with Crippen LogP contribution < -0.4 is 4.74 Å². The highest BCUT2D eigenvalue weighted by Crippen LogP contribution is 2.24. The highest BCUT2D eigenvalue weighted by molar-refractivity contribution is 6.00. The number of ether oxygens (including phenoxy) is 1. The fraction of sp³-hybridized carbons (Fsp3) is 0.308. The molecule has 0 atom stereocenters. The number of halogens is 1. The number of hydrogen-bond donors (Lipinski definition) is 0. The third-order valence-electron chi connectivity index (χ3n) is 2.38. The van der Waals surface area contributed by atoms with Gasteiger partial charge in [0.1, 0.15) is 11.6 Å². The van der Waals surface area contributed by atoms with Gasteiger partial charge in [0.15, 0.2) is 5.78 Å². The Morgan fingerprint density at radius 1 is 1.50 bits per heavy atom. The molecule has 1 rings (SSSR count). The molecule has 0 saturated carbocycles. The quantitative estimate of drug-likeness (QED) is 0.564. The predicted octanol–water partition coefficient (Wildman–Crippen LogP) is 3.37. The van der Waals surface area contributed by atoms with Crippen molar-refractivity contribution in [2.24, 2.45) is 0 Å². The van der Waals surface area contributed by atoms with Crippen molar-refractivity contribution in [1.82, 2.24) is 0 Å². The maximum atomic E-state index is 13.5. The molecular weight excluding hydrogens is 207 g/mol. The van der Waals surface area contributed by atoms with Crippen molar-refractivity contribution in [3.63, 3.8) is 0 Å². The lowest BCUT2D eigenvalue weighted by Gasteiger charge is -2.08. The van der Waals surface area contributed by atoms with E-state index in [4.69, 9.17) is 4.74 Å². The third-order valence-corrected chi connectivity index (χ3v) is 2.38. The standard InChI is InChI=1S/C13H15FO2/c1-4-9(2)8-11(15)13-10(14)6-5-7-12(13)16-3/h5-7H,2,4,8H2,1,3H3. The molecule has 0 spiro atoms. The van der Waals surface area contributed by atoms with Crippen LogP contribution in [0.15, 0.2) is 30.4 Å². The summed E-state index contributed by atoms with van der Waals surface area (Å²) in [6.45, 7) is 5.65. The van der Waals surface area contributed by atoms with Crippen LogP contribution in [0.4, 0.5) is 4.39 Å². The average Bonchev–Trinajstić information content (AvgIpc) is 2.28. The Hall–Kier alpha value is -1.64. The van der Waals surface area contributed by atoms with Crippen molar-refractivity contribution < 1.29 is 13.9 Å². The first-order valence-electron chi connectivity index (χ1n) is 5.12. The van der Waals surface area contributed by atoms with E-state index < -0.39 is 5.82 Å². The van der Waals surface area contributed by atoms with Gasteiger partial charge in [0.05, 0.1) is 12.7 Å². The van der Waals surface area contributed by atoms with Crippen LogP contribution in [0.2, 0.25) is 0 Å². The van der Waals surface area contributed by atoms with Gasteiger partial charge in [0.25, 0.3) is 0 Å². The summed E-state index contributed by atoms with van der Waals surface area (Å²) in [5.41, 5.74) is 0.801. The Kier molecular flexibility index (Phi) is 4.23. The first-order chi connectivity index (χ1) is 7.60. The van der Waals surface area contributed by atoms with Crippen molar-refractivity contribution in [2.45, 2.75) is 19.8 Å². The molecule has 1 aromatic rings. The van der Waals surface area contributed by atoms with E-state index in [1.54, 1.807) is 6.07 Å². The van der Waals surface area contributed by atoms with E-state index >= 15 is 0 Å². The number of Topliss-reactive ketones (excluding diaryl/α,β-unsaturated/α-hetero) is 1. The third kappa shape index (κ3) is 2.69. The summed E-state index contributed by atoms with van der Waals surface area (Å²) in [4.78, 5) is 11.8. The molecule has 0 amide bonds. The highest BCUT2D eigenvalue weighted by atomic mass is 19.1. The number of benzene rings is 1. The first-order valence-corrected chi connectivity index (χ1v) is 5.12. The minimum atomic E-state index is -0.548. The monoisotopic (exact) mass is 222 g/mol. The molecule has 0 heterocycles. The van der Waals surface area contributed by atoms with Gasteiger partial charge in [0, 0.05) is 6.42 Å². The highest BCUT2D eigenvalue weighted by Gasteiger charge is 2.17. The summed E-state index contributed by atoms with van der Waals surface area (Å²) < 4.78 is 18.5. The van der Waals surface area contributed by atoms with E-state index in [-0.39, 0.29) is 23.5 Å². The Balaban J connectivity index is 3.02. The predicted molar refractivity (Wildman–Crippen MR) is 61.3 cm³/mol. The van der Waals surface area contributed by atoms with Gasteiger partial charge in [-0.3, -0.25) is 4.79 Å². The largest absolute Gasteiger partial charge is 0.496 e. The Morgan fingerprint density at radius 3 is 2.75 bits per heavy atom. The molecule has 0 aromatic heterocycles. The number of carbonyl (C=O) groups is 1. The van der Waals surface area contributed by atoms with Gasteiger partial charge < -0.3 is 4.74 Å². The molecule has 2 nitrogen and oxygen atoms in total. The van der Waals surface area contributed by atoms with Gasteiger partial charge in [-0.2, -0.15) is 0 Å². The van der Waals surface area contributed by atoms with Crippen molar-refractivity contribution in [3.8, 4) is 5.75 Å². The zero-order valence-electron chi connectivity index (χ0n) is 9.55. The van der Waals surface area contributed by atoms with Crippen LogP contribution >= 0.6 is 0 Å². The van der Waals surface area contributed by atoms with Crippen molar-refractivity contribution in [2.75, 3.05) is 7.11 Å².